The van der Waals surface area contributed by atoms with Crippen molar-refractivity contribution in [1.29, 1.82) is 0 Å². The van der Waals surface area contributed by atoms with Gasteiger partial charge in [-0.25, -0.2) is 4.79 Å². The first-order valence-electron chi connectivity index (χ1n) is 9.62. The van der Waals surface area contributed by atoms with E-state index < -0.39 is 0 Å². The SMILES string of the molecule is CCOC(=O)N1CCC(NC(=O)[C@@H]2CCCN(C(=O)c3ccoc3)C2)CC1. The molecule has 0 spiro atoms. The Balaban J connectivity index is 1.47. The molecule has 0 radical (unpaired) electrons. The van der Waals surface area contributed by atoms with Gasteiger partial charge in [0.25, 0.3) is 5.91 Å². The summed E-state index contributed by atoms with van der Waals surface area (Å²) >= 11 is 0. The van der Waals surface area contributed by atoms with Gasteiger partial charge in [-0.05, 0) is 38.7 Å². The van der Waals surface area contributed by atoms with Crippen LogP contribution in [0.3, 0.4) is 0 Å². The largest absolute Gasteiger partial charge is 0.472 e. The summed E-state index contributed by atoms with van der Waals surface area (Å²) in [6.07, 6.45) is 5.64. The number of ether oxygens (including phenoxy) is 1. The number of likely N-dealkylation sites (tertiary alicyclic amines) is 2. The fourth-order valence-corrected chi connectivity index (χ4v) is 3.68. The van der Waals surface area contributed by atoms with Crippen molar-refractivity contribution in [3.8, 4) is 0 Å². The Bertz CT molecular complexity index is 652. The van der Waals surface area contributed by atoms with E-state index in [2.05, 4.69) is 5.32 Å². The molecular formula is C19H27N3O5. The molecule has 27 heavy (non-hydrogen) atoms. The number of nitrogens with zero attached hydrogens (tertiary/aromatic N) is 2. The van der Waals surface area contributed by atoms with E-state index in [9.17, 15) is 14.4 Å². The summed E-state index contributed by atoms with van der Waals surface area (Å²) in [4.78, 5) is 40.3. The van der Waals surface area contributed by atoms with Crippen LogP contribution in [0.25, 0.3) is 0 Å². The van der Waals surface area contributed by atoms with E-state index in [-0.39, 0.29) is 29.9 Å². The topological polar surface area (TPSA) is 92.1 Å². The zero-order chi connectivity index (χ0) is 19.2. The Labute approximate surface area is 158 Å². The summed E-state index contributed by atoms with van der Waals surface area (Å²) in [5.41, 5.74) is 0.516. The van der Waals surface area contributed by atoms with Crippen LogP contribution in [0.1, 0.15) is 43.0 Å². The second-order valence-electron chi connectivity index (χ2n) is 7.07. The first kappa shape index (κ1) is 19.3. The highest BCUT2D eigenvalue weighted by Crippen LogP contribution is 2.20. The highest BCUT2D eigenvalue weighted by Gasteiger charge is 2.31. The second kappa shape index (κ2) is 8.92. The average molecular weight is 377 g/mol. The van der Waals surface area contributed by atoms with Gasteiger partial charge >= 0.3 is 6.09 Å². The lowest BCUT2D eigenvalue weighted by Crippen LogP contribution is -2.50. The van der Waals surface area contributed by atoms with Gasteiger partial charge in [0.2, 0.25) is 5.91 Å². The van der Waals surface area contributed by atoms with Gasteiger partial charge in [-0.3, -0.25) is 9.59 Å². The van der Waals surface area contributed by atoms with E-state index in [1.807, 2.05) is 0 Å². The summed E-state index contributed by atoms with van der Waals surface area (Å²) in [6.45, 7) is 4.41. The summed E-state index contributed by atoms with van der Waals surface area (Å²) in [6, 6.07) is 1.70. The van der Waals surface area contributed by atoms with Crippen LogP contribution in [0.2, 0.25) is 0 Å². The van der Waals surface area contributed by atoms with Crippen molar-refractivity contribution < 1.29 is 23.5 Å². The molecule has 1 aromatic heterocycles. The molecular weight excluding hydrogens is 350 g/mol. The third-order valence-electron chi connectivity index (χ3n) is 5.21. The predicted molar refractivity (Wildman–Crippen MR) is 97.1 cm³/mol. The van der Waals surface area contributed by atoms with Crippen molar-refractivity contribution in [3.05, 3.63) is 24.2 Å². The Morgan fingerprint density at radius 3 is 2.63 bits per heavy atom. The molecule has 3 heterocycles. The molecule has 0 aromatic carbocycles. The van der Waals surface area contributed by atoms with Gasteiger partial charge in [0.1, 0.15) is 6.26 Å². The minimum Gasteiger partial charge on any atom is -0.472 e. The maximum Gasteiger partial charge on any atom is 0.409 e. The van der Waals surface area contributed by atoms with Gasteiger partial charge in [-0.2, -0.15) is 0 Å². The molecule has 8 nitrogen and oxygen atoms in total. The van der Waals surface area contributed by atoms with Gasteiger partial charge < -0.3 is 24.3 Å². The fourth-order valence-electron chi connectivity index (χ4n) is 3.68. The minimum atomic E-state index is -0.289. The van der Waals surface area contributed by atoms with E-state index >= 15 is 0 Å². The van der Waals surface area contributed by atoms with Crippen LogP contribution in [0.15, 0.2) is 23.0 Å². The fraction of sp³-hybridized carbons (Fsp3) is 0.632. The Kier molecular flexibility index (Phi) is 6.36. The van der Waals surface area contributed by atoms with Crippen molar-refractivity contribution in [2.75, 3.05) is 32.8 Å². The summed E-state index contributed by atoms with van der Waals surface area (Å²) in [5.74, 6) is -0.295. The summed E-state index contributed by atoms with van der Waals surface area (Å²) in [5, 5.41) is 3.10. The highest BCUT2D eigenvalue weighted by molar-refractivity contribution is 5.94. The van der Waals surface area contributed by atoms with Crippen molar-refractivity contribution in [2.24, 2.45) is 5.92 Å². The molecule has 2 aliphatic heterocycles. The van der Waals surface area contributed by atoms with Gasteiger partial charge in [0, 0.05) is 32.2 Å². The molecule has 2 fully saturated rings. The van der Waals surface area contributed by atoms with Crippen LogP contribution in [0.4, 0.5) is 4.79 Å². The Morgan fingerprint density at radius 1 is 1.19 bits per heavy atom. The average Bonchev–Trinajstić information content (AvgIpc) is 3.23. The zero-order valence-electron chi connectivity index (χ0n) is 15.7. The highest BCUT2D eigenvalue weighted by atomic mass is 16.6. The van der Waals surface area contributed by atoms with Gasteiger partial charge in [-0.15, -0.1) is 0 Å². The number of hydrogen-bond donors (Lipinski definition) is 1. The number of carbonyl (C=O) groups excluding carboxylic acids is 3. The van der Waals surface area contributed by atoms with Crippen LogP contribution in [0.5, 0.6) is 0 Å². The van der Waals surface area contributed by atoms with Crippen LogP contribution >= 0.6 is 0 Å². The predicted octanol–water partition coefficient (Wildman–Crippen LogP) is 1.87. The molecule has 0 bridgehead atoms. The molecule has 1 N–H and O–H groups in total. The number of rotatable bonds is 4. The van der Waals surface area contributed by atoms with Gasteiger partial charge in [0.15, 0.2) is 0 Å². The lowest BCUT2D eigenvalue weighted by atomic mass is 9.95. The number of furan rings is 1. The molecule has 3 amide bonds. The van der Waals surface area contributed by atoms with E-state index in [1.54, 1.807) is 22.8 Å². The van der Waals surface area contributed by atoms with Crippen LogP contribution < -0.4 is 5.32 Å². The molecule has 0 saturated carbocycles. The molecule has 2 saturated heterocycles. The van der Waals surface area contributed by atoms with Crippen LogP contribution in [-0.4, -0.2) is 66.5 Å². The number of carbonyl (C=O) groups is 3. The van der Waals surface area contributed by atoms with E-state index in [0.717, 1.165) is 25.7 Å². The Morgan fingerprint density at radius 2 is 1.96 bits per heavy atom. The molecule has 8 heteroatoms. The van der Waals surface area contributed by atoms with Crippen molar-refractivity contribution in [2.45, 2.75) is 38.6 Å². The number of nitrogens with one attached hydrogen (secondary N) is 1. The van der Waals surface area contributed by atoms with Crippen LogP contribution in [-0.2, 0) is 9.53 Å². The second-order valence-corrected chi connectivity index (χ2v) is 7.07. The van der Waals surface area contributed by atoms with E-state index in [1.165, 1.54) is 12.5 Å². The Hall–Kier alpha value is -2.51. The maximum absolute atomic E-state index is 12.7. The van der Waals surface area contributed by atoms with Gasteiger partial charge in [0.05, 0.1) is 24.4 Å². The minimum absolute atomic E-state index is 0.00530. The molecule has 1 atom stereocenters. The van der Waals surface area contributed by atoms with E-state index in [4.69, 9.17) is 9.15 Å². The molecule has 0 unspecified atom stereocenters. The molecule has 2 aliphatic rings. The van der Waals surface area contributed by atoms with Crippen LogP contribution in [0, 0.1) is 5.92 Å². The molecule has 0 aliphatic carbocycles. The summed E-state index contributed by atoms with van der Waals surface area (Å²) < 4.78 is 9.99. The first-order chi connectivity index (χ1) is 13.1. The lowest BCUT2D eigenvalue weighted by Gasteiger charge is -2.35. The molecule has 1 aromatic rings. The smallest absolute Gasteiger partial charge is 0.409 e. The third-order valence-corrected chi connectivity index (χ3v) is 5.21. The number of piperidine rings is 2. The molecule has 148 valence electrons. The zero-order valence-corrected chi connectivity index (χ0v) is 15.7. The lowest BCUT2D eigenvalue weighted by molar-refractivity contribution is -0.127. The number of amides is 3. The normalized spacial score (nSPS) is 21.0. The maximum atomic E-state index is 12.7. The standard InChI is InChI=1S/C19H27N3O5/c1-2-27-19(25)21-9-5-16(6-10-21)20-17(23)14-4-3-8-22(12-14)18(24)15-7-11-26-13-15/h7,11,13-14,16H,2-6,8-10,12H2,1H3,(H,20,23)/t14-/m1/s1. The summed E-state index contributed by atoms with van der Waals surface area (Å²) in [7, 11) is 0. The first-order valence-corrected chi connectivity index (χ1v) is 9.62. The third kappa shape index (κ3) is 4.81. The quantitative estimate of drug-likeness (QED) is 0.865. The molecule has 3 rings (SSSR count). The van der Waals surface area contributed by atoms with Crippen molar-refractivity contribution in [3.63, 3.8) is 0 Å². The monoisotopic (exact) mass is 377 g/mol. The van der Waals surface area contributed by atoms with E-state index in [0.29, 0.717) is 38.3 Å². The number of hydrogen-bond acceptors (Lipinski definition) is 5. The van der Waals surface area contributed by atoms with Crippen molar-refractivity contribution in [1.82, 2.24) is 15.1 Å². The van der Waals surface area contributed by atoms with Crippen molar-refractivity contribution >= 4 is 17.9 Å². The van der Waals surface area contributed by atoms with Gasteiger partial charge in [-0.1, -0.05) is 0 Å².